The van der Waals surface area contributed by atoms with Crippen molar-refractivity contribution in [3.8, 4) is 0 Å². The molecule has 0 unspecified atom stereocenters. The van der Waals surface area contributed by atoms with Crippen LogP contribution in [-0.4, -0.2) is 41.2 Å². The Labute approximate surface area is 142 Å². The van der Waals surface area contributed by atoms with E-state index in [-0.39, 0.29) is 5.91 Å². The van der Waals surface area contributed by atoms with E-state index in [1.165, 1.54) is 24.1 Å². The maximum Gasteiger partial charge on any atom is 0.256 e. The Morgan fingerprint density at radius 3 is 2.91 bits per heavy atom. The van der Waals surface area contributed by atoms with E-state index >= 15 is 0 Å². The van der Waals surface area contributed by atoms with Gasteiger partial charge in [-0.1, -0.05) is 19.4 Å². The normalized spacial score (nSPS) is 19.5. The second kappa shape index (κ2) is 7.14. The number of hydrogen-bond acceptors (Lipinski definition) is 4. The fraction of sp³-hybridized carbons (Fsp3) is 0.611. The highest BCUT2D eigenvalue weighted by atomic mass is 32.2. The zero-order valence-electron chi connectivity index (χ0n) is 13.8. The van der Waals surface area contributed by atoms with Crippen LogP contribution in [0.4, 0.5) is 11.4 Å². The molecule has 126 valence electrons. The predicted molar refractivity (Wildman–Crippen MR) is 97.4 cm³/mol. The number of aliphatic hydroxyl groups is 1. The Kier molecular flexibility index (Phi) is 5.17. The summed E-state index contributed by atoms with van der Waals surface area (Å²) in [4.78, 5) is 14.9. The third-order valence-corrected chi connectivity index (χ3v) is 5.84. The lowest BCUT2D eigenvalue weighted by molar-refractivity contribution is -0.134. The molecule has 23 heavy (non-hydrogen) atoms. The molecule has 0 atom stereocenters. The first-order valence-corrected chi connectivity index (χ1v) is 9.77. The van der Waals surface area contributed by atoms with E-state index in [1.807, 2.05) is 6.07 Å². The third kappa shape index (κ3) is 3.66. The van der Waals surface area contributed by atoms with Crippen molar-refractivity contribution in [1.29, 1.82) is 0 Å². The molecule has 1 aromatic carbocycles. The number of fused-ring (bicyclic) bond motifs is 1. The van der Waals surface area contributed by atoms with Crippen LogP contribution in [0.2, 0.25) is 0 Å². The first-order chi connectivity index (χ1) is 11.1. The lowest BCUT2D eigenvalue weighted by Crippen LogP contribution is -2.45. The first-order valence-electron chi connectivity index (χ1n) is 8.62. The van der Waals surface area contributed by atoms with Gasteiger partial charge in [0.1, 0.15) is 5.60 Å². The van der Waals surface area contributed by atoms with E-state index in [1.54, 1.807) is 11.8 Å². The smallest absolute Gasteiger partial charge is 0.256 e. The number of carbonyl (C=O) groups is 1. The van der Waals surface area contributed by atoms with Crippen molar-refractivity contribution in [2.45, 2.75) is 44.6 Å². The number of rotatable bonds is 5. The molecule has 0 radical (unpaired) electrons. The van der Waals surface area contributed by atoms with Gasteiger partial charge in [0.15, 0.2) is 0 Å². The van der Waals surface area contributed by atoms with Crippen LogP contribution in [0.5, 0.6) is 0 Å². The number of nitrogens with zero attached hydrogens (tertiary/aromatic N) is 1. The first kappa shape index (κ1) is 16.7. The lowest BCUT2D eigenvalue weighted by atomic mass is 9.95. The number of hydrogen-bond donors (Lipinski definition) is 2. The number of thioether (sulfide) groups is 1. The largest absolute Gasteiger partial charge is 0.380 e. The van der Waals surface area contributed by atoms with Gasteiger partial charge in [-0.2, -0.15) is 11.8 Å². The van der Waals surface area contributed by atoms with Crippen molar-refractivity contribution in [3.05, 3.63) is 23.8 Å². The van der Waals surface area contributed by atoms with E-state index in [4.69, 9.17) is 0 Å². The van der Waals surface area contributed by atoms with Crippen molar-refractivity contribution in [3.63, 3.8) is 0 Å². The molecule has 5 heteroatoms. The molecule has 1 fully saturated rings. The van der Waals surface area contributed by atoms with Crippen molar-refractivity contribution in [2.75, 3.05) is 34.8 Å². The molecular formula is C18H26N2O2S. The highest BCUT2D eigenvalue weighted by molar-refractivity contribution is 7.99. The molecule has 0 bridgehead atoms. The summed E-state index contributed by atoms with van der Waals surface area (Å²) in [6.07, 6.45) is 4.53. The number of unbranched alkanes of at least 4 members (excludes halogenated alkanes) is 1. The molecule has 2 aliphatic rings. The highest BCUT2D eigenvalue weighted by Gasteiger charge is 2.37. The summed E-state index contributed by atoms with van der Waals surface area (Å²) in [5.41, 5.74) is 2.18. The molecule has 1 saturated heterocycles. The van der Waals surface area contributed by atoms with E-state index in [9.17, 15) is 9.90 Å². The van der Waals surface area contributed by atoms with Crippen LogP contribution in [0.1, 0.15) is 38.2 Å². The van der Waals surface area contributed by atoms with Gasteiger partial charge in [0.2, 0.25) is 0 Å². The van der Waals surface area contributed by atoms with Crippen LogP contribution in [0.15, 0.2) is 18.2 Å². The second-order valence-electron chi connectivity index (χ2n) is 6.53. The van der Waals surface area contributed by atoms with Crippen LogP contribution < -0.4 is 10.2 Å². The molecule has 2 aliphatic heterocycles. The van der Waals surface area contributed by atoms with Gasteiger partial charge in [-0.3, -0.25) is 4.79 Å². The summed E-state index contributed by atoms with van der Waals surface area (Å²) in [7, 11) is 0. The highest BCUT2D eigenvalue weighted by Crippen LogP contribution is 2.32. The number of amides is 1. The Hall–Kier alpha value is -1.20. The van der Waals surface area contributed by atoms with Crippen molar-refractivity contribution < 1.29 is 9.90 Å². The zero-order valence-corrected chi connectivity index (χ0v) is 14.6. The van der Waals surface area contributed by atoms with Crippen molar-refractivity contribution in [1.82, 2.24) is 0 Å². The molecule has 2 heterocycles. The zero-order chi connectivity index (χ0) is 16.3. The molecule has 1 aromatic rings. The minimum Gasteiger partial charge on any atom is -0.380 e. The average Bonchev–Trinajstić information content (AvgIpc) is 2.96. The molecule has 0 aromatic heterocycles. The van der Waals surface area contributed by atoms with Gasteiger partial charge >= 0.3 is 0 Å². The Morgan fingerprint density at radius 2 is 2.17 bits per heavy atom. The van der Waals surface area contributed by atoms with Gasteiger partial charge in [0.25, 0.3) is 5.91 Å². The summed E-state index contributed by atoms with van der Waals surface area (Å²) < 4.78 is 0. The molecular weight excluding hydrogens is 308 g/mol. The topological polar surface area (TPSA) is 52.6 Å². The number of benzene rings is 1. The monoisotopic (exact) mass is 334 g/mol. The minimum atomic E-state index is -1.20. The van der Waals surface area contributed by atoms with Crippen LogP contribution >= 0.6 is 11.8 Å². The number of carbonyl (C=O) groups excluding carboxylic acids is 1. The molecule has 4 nitrogen and oxygen atoms in total. The van der Waals surface area contributed by atoms with E-state index in [2.05, 4.69) is 29.3 Å². The van der Waals surface area contributed by atoms with Gasteiger partial charge in [0, 0.05) is 24.5 Å². The van der Waals surface area contributed by atoms with Gasteiger partial charge < -0.3 is 15.3 Å². The Morgan fingerprint density at radius 1 is 1.39 bits per heavy atom. The molecule has 2 N–H and O–H groups in total. The van der Waals surface area contributed by atoms with Crippen LogP contribution in [0.25, 0.3) is 0 Å². The quantitative estimate of drug-likeness (QED) is 0.869. The average molecular weight is 334 g/mol. The van der Waals surface area contributed by atoms with Gasteiger partial charge in [-0.25, -0.2) is 0 Å². The Balaban J connectivity index is 1.70. The van der Waals surface area contributed by atoms with Gasteiger partial charge in [-0.05, 0) is 54.9 Å². The summed E-state index contributed by atoms with van der Waals surface area (Å²) >= 11 is 1.80. The summed E-state index contributed by atoms with van der Waals surface area (Å²) in [5.74, 6) is 1.44. The van der Waals surface area contributed by atoms with Crippen LogP contribution in [0.3, 0.4) is 0 Å². The standard InChI is InChI=1S/C18H26N2O2S/c1-2-3-9-20-10-6-14-4-5-15(13-16(14)20)19-17(21)18(22)7-11-23-12-8-18/h4-5,13,22H,2-3,6-12H2,1H3,(H,19,21). The summed E-state index contributed by atoms with van der Waals surface area (Å²) in [6.45, 7) is 4.34. The van der Waals surface area contributed by atoms with Crippen LogP contribution in [0, 0.1) is 0 Å². The van der Waals surface area contributed by atoms with Crippen molar-refractivity contribution >= 4 is 29.0 Å². The van der Waals surface area contributed by atoms with E-state index < -0.39 is 5.60 Å². The van der Waals surface area contributed by atoms with Crippen LogP contribution in [-0.2, 0) is 11.2 Å². The number of anilines is 2. The molecule has 0 spiro atoms. The minimum absolute atomic E-state index is 0.254. The fourth-order valence-electron chi connectivity index (χ4n) is 3.29. The molecule has 3 rings (SSSR count). The Bertz CT molecular complexity index is 570. The lowest BCUT2D eigenvalue weighted by Gasteiger charge is -2.30. The second-order valence-corrected chi connectivity index (χ2v) is 7.76. The fourth-order valence-corrected chi connectivity index (χ4v) is 4.46. The van der Waals surface area contributed by atoms with Gasteiger partial charge in [0.05, 0.1) is 0 Å². The van der Waals surface area contributed by atoms with Gasteiger partial charge in [-0.15, -0.1) is 0 Å². The third-order valence-electron chi connectivity index (χ3n) is 4.86. The predicted octanol–water partition coefficient (Wildman–Crippen LogP) is 3.05. The maximum absolute atomic E-state index is 12.5. The summed E-state index contributed by atoms with van der Waals surface area (Å²) in [5, 5.41) is 13.5. The number of nitrogens with one attached hydrogen (secondary N) is 1. The molecule has 0 saturated carbocycles. The maximum atomic E-state index is 12.5. The molecule has 0 aliphatic carbocycles. The van der Waals surface area contributed by atoms with Crippen molar-refractivity contribution in [2.24, 2.45) is 0 Å². The van der Waals surface area contributed by atoms with E-state index in [0.29, 0.717) is 12.8 Å². The molecule has 1 amide bonds. The SMILES string of the molecule is CCCCN1CCc2ccc(NC(=O)C3(O)CCSCC3)cc21. The summed E-state index contributed by atoms with van der Waals surface area (Å²) in [6, 6.07) is 6.13. The van der Waals surface area contributed by atoms with E-state index in [0.717, 1.165) is 36.7 Å².